The van der Waals surface area contributed by atoms with Gasteiger partial charge < -0.3 is 25.6 Å². The summed E-state index contributed by atoms with van der Waals surface area (Å²) < 4.78 is 70.0. The van der Waals surface area contributed by atoms with Crippen molar-refractivity contribution in [1.29, 1.82) is 0 Å². The Labute approximate surface area is 277 Å². The van der Waals surface area contributed by atoms with Gasteiger partial charge in [0, 0.05) is 46.1 Å². The molecule has 0 saturated heterocycles. The molecule has 1 aliphatic heterocycles. The Balaban J connectivity index is 1.23. The molecular weight excluding hydrogens is 646 g/mol. The van der Waals surface area contributed by atoms with Gasteiger partial charge in [-0.3, -0.25) is 9.59 Å². The number of carbonyl (C=O) groups is 2. The van der Waals surface area contributed by atoms with Gasteiger partial charge in [-0.05, 0) is 81.1 Å². The third-order valence-electron chi connectivity index (χ3n) is 9.12. The number of benzene rings is 2. The van der Waals surface area contributed by atoms with Crippen molar-refractivity contribution in [1.82, 2.24) is 20.3 Å². The monoisotopic (exact) mass is 677 g/mol. The number of nitrogens with zero attached hydrogens (tertiary/aromatic N) is 3. The van der Waals surface area contributed by atoms with Crippen LogP contribution in [0.5, 0.6) is 11.5 Å². The van der Waals surface area contributed by atoms with Crippen LogP contribution in [-0.2, 0) is 15.8 Å². The average molecular weight is 678 g/mol. The highest BCUT2D eigenvalue weighted by Crippen LogP contribution is 2.48. The summed E-state index contributed by atoms with van der Waals surface area (Å²) in [5, 5.41) is 13.6. The van der Waals surface area contributed by atoms with E-state index in [4.69, 9.17) is 15.2 Å². The standard InChI is InChI=1S/C35H31F4N5O5/c1-33(32(40)46)17-48-29-25(33)13-27(44-28(29)18-4-7-22(36)8-5-18)34(47,35(37,38)39)16-43-31(45)20-6-11-26(49-23-9-10-23)24(12-20)21-14-41-30(42-15-21)19-2-3-19/h4-8,11-15,19,23,47H,2-3,9-10,16-17H2,1H3,(H2,40,46)(H,43,45)/t33-,34-/m0/s1. The zero-order chi connectivity index (χ0) is 34.7. The van der Waals surface area contributed by atoms with Gasteiger partial charge in [-0.15, -0.1) is 0 Å². The molecule has 2 aliphatic carbocycles. The van der Waals surface area contributed by atoms with Crippen LogP contribution in [0.15, 0.2) is 60.9 Å². The number of primary amides is 1. The number of hydrogen-bond acceptors (Lipinski definition) is 8. The van der Waals surface area contributed by atoms with E-state index in [1.54, 1.807) is 18.5 Å². The molecule has 0 spiro atoms. The van der Waals surface area contributed by atoms with E-state index >= 15 is 0 Å². The molecule has 254 valence electrons. The molecule has 3 heterocycles. The maximum absolute atomic E-state index is 14.8. The quantitative estimate of drug-likeness (QED) is 0.197. The van der Waals surface area contributed by atoms with Crippen LogP contribution in [0.25, 0.3) is 22.4 Å². The van der Waals surface area contributed by atoms with E-state index in [9.17, 15) is 32.3 Å². The van der Waals surface area contributed by atoms with Gasteiger partial charge >= 0.3 is 6.18 Å². The molecule has 2 amide bonds. The van der Waals surface area contributed by atoms with E-state index < -0.39 is 47.1 Å². The number of amides is 2. The van der Waals surface area contributed by atoms with Gasteiger partial charge in [0.2, 0.25) is 11.5 Å². The van der Waals surface area contributed by atoms with Gasteiger partial charge in [0.15, 0.2) is 0 Å². The number of pyridine rings is 1. The van der Waals surface area contributed by atoms with E-state index in [0.29, 0.717) is 22.8 Å². The fourth-order valence-corrected chi connectivity index (χ4v) is 5.64. The van der Waals surface area contributed by atoms with Crippen LogP contribution in [0.2, 0.25) is 0 Å². The van der Waals surface area contributed by atoms with Crippen molar-refractivity contribution in [2.45, 2.75) is 61.8 Å². The molecule has 2 fully saturated rings. The van der Waals surface area contributed by atoms with Gasteiger partial charge in [0.1, 0.15) is 40.9 Å². The highest BCUT2D eigenvalue weighted by atomic mass is 19.4. The second kappa shape index (κ2) is 11.8. The Bertz CT molecular complexity index is 1950. The lowest BCUT2D eigenvalue weighted by atomic mass is 9.81. The Morgan fingerprint density at radius 2 is 1.73 bits per heavy atom. The van der Waals surface area contributed by atoms with Crippen molar-refractivity contribution < 1.29 is 41.7 Å². The molecule has 3 aliphatic rings. The van der Waals surface area contributed by atoms with Crippen LogP contribution < -0.4 is 20.5 Å². The third kappa shape index (κ3) is 6.05. The summed E-state index contributed by atoms with van der Waals surface area (Å²) in [5.74, 6) is -0.905. The summed E-state index contributed by atoms with van der Waals surface area (Å²) in [6, 6.07) is 10.1. The molecule has 7 rings (SSSR count). The first-order valence-electron chi connectivity index (χ1n) is 15.7. The Morgan fingerprint density at radius 3 is 2.35 bits per heavy atom. The number of nitrogens with one attached hydrogen (secondary N) is 1. The minimum atomic E-state index is -5.36. The van der Waals surface area contributed by atoms with Crippen molar-refractivity contribution in [3.05, 3.63) is 89.4 Å². The lowest BCUT2D eigenvalue weighted by Crippen LogP contribution is -2.51. The van der Waals surface area contributed by atoms with E-state index in [0.717, 1.165) is 49.7 Å². The number of aliphatic hydroxyl groups is 1. The second-order valence-corrected chi connectivity index (χ2v) is 12.9. The Kier molecular flexibility index (Phi) is 7.81. The predicted octanol–water partition coefficient (Wildman–Crippen LogP) is 5.08. The third-order valence-corrected chi connectivity index (χ3v) is 9.12. The molecular formula is C35H31F4N5O5. The molecule has 49 heavy (non-hydrogen) atoms. The van der Waals surface area contributed by atoms with Crippen molar-refractivity contribution in [3.8, 4) is 33.9 Å². The number of hydrogen-bond donors (Lipinski definition) is 3. The molecule has 0 radical (unpaired) electrons. The molecule has 4 N–H and O–H groups in total. The van der Waals surface area contributed by atoms with Gasteiger partial charge in [0.05, 0.1) is 18.3 Å². The van der Waals surface area contributed by atoms with Gasteiger partial charge in [-0.1, -0.05) is 0 Å². The van der Waals surface area contributed by atoms with Gasteiger partial charge in [-0.25, -0.2) is 19.3 Å². The Hall–Kier alpha value is -5.11. The number of halogens is 4. The largest absolute Gasteiger partial charge is 0.490 e. The number of rotatable bonds is 10. The molecule has 0 bridgehead atoms. The summed E-state index contributed by atoms with van der Waals surface area (Å²) in [6.07, 6.45) is 1.69. The van der Waals surface area contributed by atoms with Crippen LogP contribution in [0.3, 0.4) is 0 Å². The molecule has 2 aromatic carbocycles. The maximum Gasteiger partial charge on any atom is 0.424 e. The molecule has 14 heteroatoms. The highest BCUT2D eigenvalue weighted by Gasteiger charge is 2.57. The average Bonchev–Trinajstić information content (AvgIpc) is 4.02. The molecule has 2 aromatic heterocycles. The zero-order valence-corrected chi connectivity index (χ0v) is 26.2. The zero-order valence-electron chi connectivity index (χ0n) is 26.2. The van der Waals surface area contributed by atoms with E-state index in [-0.39, 0.29) is 40.8 Å². The maximum atomic E-state index is 14.8. The SMILES string of the molecule is C[C@]1(C(N)=O)COc2c1cc([C@@](O)(CNC(=O)c1ccc(OC3CC3)c(-c3cnc(C4CC4)nc3)c1)C(F)(F)F)nc2-c1ccc(F)cc1. The molecule has 0 unspecified atom stereocenters. The van der Waals surface area contributed by atoms with Crippen LogP contribution in [0, 0.1) is 5.82 Å². The van der Waals surface area contributed by atoms with Crippen LogP contribution in [0.4, 0.5) is 17.6 Å². The Morgan fingerprint density at radius 1 is 1.04 bits per heavy atom. The predicted molar refractivity (Wildman–Crippen MR) is 167 cm³/mol. The minimum Gasteiger partial charge on any atom is -0.490 e. The van der Waals surface area contributed by atoms with Gasteiger partial charge in [-0.2, -0.15) is 13.2 Å². The lowest BCUT2D eigenvalue weighted by Gasteiger charge is -2.31. The van der Waals surface area contributed by atoms with Crippen LogP contribution in [-0.4, -0.2) is 57.3 Å². The lowest BCUT2D eigenvalue weighted by molar-refractivity contribution is -0.265. The number of fused-ring (bicyclic) bond motifs is 1. The van der Waals surface area contributed by atoms with Crippen LogP contribution >= 0.6 is 0 Å². The fraction of sp³-hybridized carbons (Fsp3) is 0.343. The minimum absolute atomic E-state index is 0.00226. The number of nitrogens with two attached hydrogens (primary N) is 1. The molecule has 2 atom stereocenters. The number of aromatic nitrogens is 3. The van der Waals surface area contributed by atoms with Crippen molar-refractivity contribution in [2.24, 2.45) is 5.73 Å². The number of alkyl halides is 3. The first-order valence-corrected chi connectivity index (χ1v) is 15.7. The fourth-order valence-electron chi connectivity index (χ4n) is 5.64. The first-order chi connectivity index (χ1) is 23.3. The van der Waals surface area contributed by atoms with Crippen molar-refractivity contribution >= 4 is 11.8 Å². The highest BCUT2D eigenvalue weighted by molar-refractivity contribution is 5.96. The molecule has 4 aromatic rings. The van der Waals surface area contributed by atoms with Crippen molar-refractivity contribution in [3.63, 3.8) is 0 Å². The van der Waals surface area contributed by atoms with Crippen molar-refractivity contribution in [2.75, 3.05) is 13.2 Å². The molecule has 2 saturated carbocycles. The normalized spacial score (nSPS) is 19.8. The summed E-state index contributed by atoms with van der Waals surface area (Å²) in [7, 11) is 0. The summed E-state index contributed by atoms with van der Waals surface area (Å²) in [5.41, 5.74) is 0.417. The first kappa shape index (κ1) is 32.4. The van der Waals surface area contributed by atoms with E-state index in [1.165, 1.54) is 31.2 Å². The smallest absolute Gasteiger partial charge is 0.424 e. The summed E-state index contributed by atoms with van der Waals surface area (Å²) in [4.78, 5) is 38.9. The summed E-state index contributed by atoms with van der Waals surface area (Å²) in [6.45, 7) is -0.241. The molecule has 10 nitrogen and oxygen atoms in total. The number of ether oxygens (including phenoxy) is 2. The number of carbonyl (C=O) groups excluding carboxylic acids is 2. The topological polar surface area (TPSA) is 150 Å². The second-order valence-electron chi connectivity index (χ2n) is 12.9. The van der Waals surface area contributed by atoms with Crippen LogP contribution in [0.1, 0.15) is 66.0 Å². The van der Waals surface area contributed by atoms with E-state index in [2.05, 4.69) is 20.3 Å². The van der Waals surface area contributed by atoms with Gasteiger partial charge in [0.25, 0.3) is 5.91 Å². The van der Waals surface area contributed by atoms with E-state index in [1.807, 2.05) is 0 Å². The summed E-state index contributed by atoms with van der Waals surface area (Å²) >= 11 is 0.